The van der Waals surface area contributed by atoms with Gasteiger partial charge in [-0.25, -0.2) is 4.79 Å². The van der Waals surface area contributed by atoms with E-state index >= 15 is 0 Å². The van der Waals surface area contributed by atoms with E-state index in [1.165, 1.54) is 42.5 Å². The molecule has 1 aliphatic heterocycles. The van der Waals surface area contributed by atoms with Crippen molar-refractivity contribution in [2.45, 2.75) is 30.7 Å². The number of ether oxygens (including phenoxy) is 3. The second kappa shape index (κ2) is 12.5. The number of aliphatic hydroxyl groups excluding tert-OH is 3. The van der Waals surface area contributed by atoms with Crippen molar-refractivity contribution in [1.29, 1.82) is 0 Å². The Hall–Kier alpha value is -4.35. The first kappa shape index (κ1) is 27.7. The number of carbonyl (C=O) groups excluding carboxylic acids is 1. The van der Waals surface area contributed by atoms with E-state index in [0.29, 0.717) is 11.1 Å². The molecule has 5 atom stereocenters. The molecular formula is C29H28O10. The lowest BCUT2D eigenvalue weighted by atomic mass is 9.99. The number of hydrogen-bond acceptors (Lipinski definition) is 10. The Balaban J connectivity index is 1.39. The summed E-state index contributed by atoms with van der Waals surface area (Å²) in [5, 5.41) is 59.9. The van der Waals surface area contributed by atoms with Gasteiger partial charge in [0.1, 0.15) is 54.0 Å². The van der Waals surface area contributed by atoms with Gasteiger partial charge in [0.25, 0.3) is 0 Å². The zero-order valence-corrected chi connectivity index (χ0v) is 20.6. The maximum atomic E-state index is 12.1. The molecule has 0 unspecified atom stereocenters. The molecule has 39 heavy (non-hydrogen) atoms. The topological polar surface area (TPSA) is 166 Å². The molecule has 0 radical (unpaired) electrons. The molecule has 0 bridgehead atoms. The Morgan fingerprint density at radius 3 is 1.95 bits per heavy atom. The van der Waals surface area contributed by atoms with Gasteiger partial charge in [-0.2, -0.15) is 0 Å². The van der Waals surface area contributed by atoms with E-state index in [1.807, 2.05) is 0 Å². The van der Waals surface area contributed by atoms with Crippen molar-refractivity contribution in [3.8, 4) is 23.0 Å². The Morgan fingerprint density at radius 2 is 1.31 bits per heavy atom. The first-order chi connectivity index (χ1) is 18.7. The molecule has 10 heteroatoms. The molecule has 4 rings (SSSR count). The smallest absolute Gasteiger partial charge is 0.330 e. The van der Waals surface area contributed by atoms with Gasteiger partial charge in [0.15, 0.2) is 0 Å². The Bertz CT molecular complexity index is 1320. The van der Waals surface area contributed by atoms with Gasteiger partial charge >= 0.3 is 5.97 Å². The van der Waals surface area contributed by atoms with Crippen LogP contribution in [0.5, 0.6) is 23.0 Å². The van der Waals surface area contributed by atoms with E-state index in [1.54, 1.807) is 42.5 Å². The highest BCUT2D eigenvalue weighted by atomic mass is 16.7. The molecule has 204 valence electrons. The van der Waals surface area contributed by atoms with Gasteiger partial charge in [-0.3, -0.25) is 0 Å². The summed E-state index contributed by atoms with van der Waals surface area (Å²) < 4.78 is 16.4. The molecular weight excluding hydrogens is 508 g/mol. The number of benzene rings is 3. The zero-order chi connectivity index (χ0) is 27.9. The molecule has 0 aliphatic carbocycles. The van der Waals surface area contributed by atoms with E-state index in [-0.39, 0.29) is 23.0 Å². The van der Waals surface area contributed by atoms with E-state index in [2.05, 4.69) is 0 Å². The number of hydrogen-bond donors (Lipinski definition) is 6. The third-order valence-electron chi connectivity index (χ3n) is 5.89. The van der Waals surface area contributed by atoms with E-state index in [9.17, 15) is 35.4 Å². The van der Waals surface area contributed by atoms with Gasteiger partial charge in [-0.15, -0.1) is 0 Å². The van der Waals surface area contributed by atoms with Crippen LogP contribution in [0.25, 0.3) is 18.2 Å². The lowest BCUT2D eigenvalue weighted by molar-refractivity contribution is -0.278. The number of esters is 1. The molecule has 1 aliphatic rings. The van der Waals surface area contributed by atoms with Crippen LogP contribution in [0.1, 0.15) is 16.7 Å². The molecule has 6 N–H and O–H groups in total. The van der Waals surface area contributed by atoms with Crippen molar-refractivity contribution in [1.82, 2.24) is 0 Å². The van der Waals surface area contributed by atoms with E-state index in [4.69, 9.17) is 14.2 Å². The molecule has 0 amide bonds. The summed E-state index contributed by atoms with van der Waals surface area (Å²) in [6.07, 6.45) is -1.46. The van der Waals surface area contributed by atoms with Gasteiger partial charge in [0.2, 0.25) is 6.29 Å². The minimum Gasteiger partial charge on any atom is -0.508 e. The van der Waals surface area contributed by atoms with Crippen molar-refractivity contribution in [3.05, 3.63) is 89.5 Å². The van der Waals surface area contributed by atoms with Crippen LogP contribution >= 0.6 is 0 Å². The van der Waals surface area contributed by atoms with Crippen molar-refractivity contribution in [2.24, 2.45) is 0 Å². The third-order valence-corrected chi connectivity index (χ3v) is 5.89. The highest BCUT2D eigenvalue weighted by molar-refractivity contribution is 5.87. The maximum Gasteiger partial charge on any atom is 0.330 e. The highest BCUT2D eigenvalue weighted by Gasteiger charge is 2.45. The van der Waals surface area contributed by atoms with Crippen LogP contribution in [0.2, 0.25) is 0 Å². The molecule has 0 saturated carbocycles. The predicted molar refractivity (Wildman–Crippen MR) is 141 cm³/mol. The largest absolute Gasteiger partial charge is 0.508 e. The van der Waals surface area contributed by atoms with Crippen LogP contribution in [0.15, 0.2) is 72.8 Å². The summed E-state index contributed by atoms with van der Waals surface area (Å²) in [7, 11) is 0. The lowest BCUT2D eigenvalue weighted by Gasteiger charge is -2.39. The Labute approximate surface area is 223 Å². The fraction of sp³-hybridized carbons (Fsp3) is 0.207. The fourth-order valence-corrected chi connectivity index (χ4v) is 3.80. The summed E-state index contributed by atoms with van der Waals surface area (Å²) in [5.41, 5.74) is 2.00. The average molecular weight is 537 g/mol. The summed E-state index contributed by atoms with van der Waals surface area (Å²) in [6, 6.07) is 17.0. The van der Waals surface area contributed by atoms with Gasteiger partial charge in [0.05, 0.1) is 0 Å². The predicted octanol–water partition coefficient (Wildman–Crippen LogP) is 2.42. The summed E-state index contributed by atoms with van der Waals surface area (Å²) >= 11 is 0. The van der Waals surface area contributed by atoms with Gasteiger partial charge < -0.3 is 44.8 Å². The fourth-order valence-electron chi connectivity index (χ4n) is 3.80. The molecule has 1 saturated heterocycles. The first-order valence-corrected chi connectivity index (χ1v) is 12.0. The first-order valence-electron chi connectivity index (χ1n) is 12.0. The maximum absolute atomic E-state index is 12.1. The van der Waals surface area contributed by atoms with Gasteiger partial charge in [-0.05, 0) is 59.2 Å². The Morgan fingerprint density at radius 1 is 0.718 bits per heavy atom. The minimum absolute atomic E-state index is 0.0863. The Kier molecular flexibility index (Phi) is 8.84. The second-order valence-electron chi connectivity index (χ2n) is 8.87. The number of rotatable bonds is 8. The summed E-state index contributed by atoms with van der Waals surface area (Å²) in [5.74, 6) is -0.537. The quantitative estimate of drug-likeness (QED) is 0.143. The van der Waals surface area contributed by atoms with Crippen LogP contribution in [0.4, 0.5) is 0 Å². The second-order valence-corrected chi connectivity index (χ2v) is 8.87. The molecule has 0 spiro atoms. The van der Waals surface area contributed by atoms with Crippen LogP contribution in [-0.4, -0.2) is 73.9 Å². The van der Waals surface area contributed by atoms with E-state index in [0.717, 1.165) is 11.6 Å². The molecule has 1 fully saturated rings. The van der Waals surface area contributed by atoms with Crippen LogP contribution < -0.4 is 4.74 Å². The van der Waals surface area contributed by atoms with Crippen molar-refractivity contribution in [2.75, 3.05) is 6.61 Å². The number of phenolic OH excluding ortho intramolecular Hbond substituents is 3. The van der Waals surface area contributed by atoms with Crippen molar-refractivity contribution < 1.29 is 49.6 Å². The van der Waals surface area contributed by atoms with Crippen molar-refractivity contribution in [3.63, 3.8) is 0 Å². The average Bonchev–Trinajstić information content (AvgIpc) is 2.92. The van der Waals surface area contributed by atoms with E-state index < -0.39 is 43.3 Å². The molecule has 3 aromatic rings. The van der Waals surface area contributed by atoms with Gasteiger partial charge in [0, 0.05) is 12.1 Å². The van der Waals surface area contributed by atoms with Crippen LogP contribution in [0, 0.1) is 0 Å². The zero-order valence-electron chi connectivity index (χ0n) is 20.6. The van der Waals surface area contributed by atoms with Crippen LogP contribution in [-0.2, 0) is 14.3 Å². The molecule has 1 heterocycles. The SMILES string of the molecule is O=C(/C=C/c1ccc(O)cc1)OC[C@H]1O[C@@H](Oc2cc(O)cc(/C=C/c3ccc(O)cc3)c2)[C@H](O)[C@@H](O)[C@@H]1O. The molecule has 3 aromatic carbocycles. The number of phenols is 3. The normalized spacial score (nSPS) is 23.2. The number of aromatic hydroxyl groups is 3. The monoisotopic (exact) mass is 536 g/mol. The number of aliphatic hydroxyl groups is 3. The number of carbonyl (C=O) groups is 1. The standard InChI is InChI=1S/C29H28O10/c30-20-8-3-17(4-9-20)1-2-19-13-22(32)15-23(14-19)38-29-28(36)27(35)26(34)24(39-29)16-37-25(33)12-7-18-5-10-21(31)11-6-18/h1-15,24,26-32,34-36H,16H2/b2-1+,12-7+/t24-,26-,27+,28-,29-/m1/s1. The third kappa shape index (κ3) is 7.59. The lowest BCUT2D eigenvalue weighted by Crippen LogP contribution is -2.60. The van der Waals surface area contributed by atoms with Crippen molar-refractivity contribution >= 4 is 24.2 Å². The highest BCUT2D eigenvalue weighted by Crippen LogP contribution is 2.28. The van der Waals surface area contributed by atoms with Crippen LogP contribution in [0.3, 0.4) is 0 Å². The minimum atomic E-state index is -1.66. The summed E-state index contributed by atoms with van der Waals surface area (Å²) in [6.45, 7) is -0.440. The molecule has 10 nitrogen and oxygen atoms in total. The van der Waals surface area contributed by atoms with Gasteiger partial charge in [-0.1, -0.05) is 36.4 Å². The summed E-state index contributed by atoms with van der Waals surface area (Å²) in [4.78, 5) is 12.1. The molecule has 0 aromatic heterocycles.